The average molecular weight is 1270 g/mol. The minimum atomic E-state index is 0.315. The molecule has 0 aliphatic carbocycles. The van der Waals surface area contributed by atoms with E-state index in [9.17, 15) is 0 Å². The van der Waals surface area contributed by atoms with Gasteiger partial charge in [0.2, 0.25) is 0 Å². The smallest absolute Gasteiger partial charge is 0.168 e. The predicted molar refractivity (Wildman–Crippen MR) is 384 cm³/mol. The Morgan fingerprint density at radius 3 is 0.905 bits per heavy atom. The molecule has 0 unspecified atom stereocenters. The van der Waals surface area contributed by atoms with Crippen molar-refractivity contribution in [1.82, 2.24) is 39.5 Å². The van der Waals surface area contributed by atoms with Crippen LogP contribution in [0, 0.1) is 0 Å². The Hall–Kier alpha value is -9.96. The molecule has 486 valence electrons. The highest BCUT2D eigenvalue weighted by molar-refractivity contribution is 6.23. The first kappa shape index (κ1) is 62.5. The van der Waals surface area contributed by atoms with Crippen molar-refractivity contribution in [3.8, 4) is 91.5 Å². The molecular formula is C79H82N8O8. The largest absolute Gasteiger partial charge is 0.495 e. The van der Waals surface area contributed by atoms with Gasteiger partial charge in [0.05, 0.1) is 97.7 Å². The zero-order valence-corrected chi connectivity index (χ0v) is 56.0. The van der Waals surface area contributed by atoms with Gasteiger partial charge < -0.3 is 47.4 Å². The molecule has 0 saturated carbocycles. The quantitative estimate of drug-likeness (QED) is 0.0401. The summed E-state index contributed by atoms with van der Waals surface area (Å²) in [6.07, 6.45) is 10.4. The van der Waals surface area contributed by atoms with Crippen LogP contribution in [0.4, 0.5) is 0 Å². The van der Waals surface area contributed by atoms with E-state index in [2.05, 4.69) is 107 Å². The lowest BCUT2D eigenvalue weighted by Crippen LogP contribution is -2.04. The van der Waals surface area contributed by atoms with Gasteiger partial charge in [0.15, 0.2) is 23.3 Å². The highest BCUT2D eigenvalue weighted by Gasteiger charge is 2.36. The third-order valence-electron chi connectivity index (χ3n) is 18.3. The zero-order valence-electron chi connectivity index (χ0n) is 56.0. The molecule has 3 aromatic heterocycles. The predicted octanol–water partition coefficient (Wildman–Crippen LogP) is 19.7. The molecule has 0 spiro atoms. The van der Waals surface area contributed by atoms with Crippen LogP contribution in [0.15, 0.2) is 109 Å². The van der Waals surface area contributed by atoms with Gasteiger partial charge in [-0.2, -0.15) is 0 Å². The minimum absolute atomic E-state index is 0.315. The maximum absolute atomic E-state index is 7.18. The Bertz CT molecular complexity index is 5140. The summed E-state index contributed by atoms with van der Waals surface area (Å²) in [7, 11) is 5.39. The van der Waals surface area contributed by atoms with Crippen LogP contribution < -0.4 is 37.9 Å². The second-order valence-corrected chi connectivity index (χ2v) is 24.6. The molecule has 2 aliphatic heterocycles. The van der Waals surface area contributed by atoms with E-state index < -0.39 is 0 Å². The third-order valence-corrected chi connectivity index (χ3v) is 18.3. The number of aromatic nitrogens is 8. The van der Waals surface area contributed by atoms with Crippen LogP contribution in [0.25, 0.3) is 144 Å². The van der Waals surface area contributed by atoms with Gasteiger partial charge >= 0.3 is 0 Å². The molecule has 8 bridgehead atoms. The van der Waals surface area contributed by atoms with Gasteiger partial charge in [0.1, 0.15) is 68.6 Å². The van der Waals surface area contributed by atoms with E-state index in [0.717, 1.165) is 131 Å². The molecule has 0 atom stereocenters. The van der Waals surface area contributed by atoms with Gasteiger partial charge in [0, 0.05) is 50.1 Å². The number of nitrogens with zero attached hydrogens (tertiary/aromatic N) is 7. The molecule has 0 saturated heterocycles. The Morgan fingerprint density at radius 2 is 0.589 bits per heavy atom. The number of unbranched alkanes of at least 4 members (excludes halogenated alkanes) is 6. The molecule has 12 aromatic rings. The van der Waals surface area contributed by atoms with Crippen LogP contribution in [0.2, 0.25) is 0 Å². The number of H-pyrrole nitrogens is 1. The Kier molecular flexibility index (Phi) is 17.9. The molecule has 9 aromatic carbocycles. The average Bonchev–Trinajstić information content (AvgIpc) is 1.60. The second-order valence-electron chi connectivity index (χ2n) is 24.6. The molecule has 0 amide bonds. The number of benzene rings is 9. The number of methoxy groups -OCH3 is 2. The molecule has 0 radical (unpaired) electrons. The van der Waals surface area contributed by atoms with E-state index in [0.29, 0.717) is 175 Å². The standard InChI is InChI=1S/C79H82N8O8/c1-10-16-38-90-66-48-32-24-25-33-49(48)67(91-39-17-11-2)59-58(66)73-80-72-56-57(65(89-9)55-45-47-31-23-22-30-46(47)44-54(55)64(56)88-8)76(83-72)85-78-62-63(71(95-43-21-15-6)53-37-29-28-36-52(53)70(62)94-42-20-14-5)79(87(78)7)86-77-61-60(75(84-77)82-74(59)81-73)68(92-40-18-12-3)50-34-26-27-35-51(50)69(61)93-41-19-13-4/h22-37,44-45H,10-21,38-43H2,1-9H3,(H,80,81,82,83,84,85,86). The van der Waals surface area contributed by atoms with Crippen LogP contribution in [0.5, 0.6) is 46.0 Å². The summed E-state index contributed by atoms with van der Waals surface area (Å²) >= 11 is 0. The van der Waals surface area contributed by atoms with E-state index in [1.807, 2.05) is 60.1 Å². The summed E-state index contributed by atoms with van der Waals surface area (Å²) in [5.41, 5.74) is 4.33. The zero-order chi connectivity index (χ0) is 65.3. The van der Waals surface area contributed by atoms with Gasteiger partial charge in [-0.05, 0) is 61.4 Å². The fourth-order valence-electron chi connectivity index (χ4n) is 13.5. The van der Waals surface area contributed by atoms with E-state index in [1.54, 1.807) is 14.2 Å². The summed E-state index contributed by atoms with van der Waals surface area (Å²) in [6, 6.07) is 37.5. The van der Waals surface area contributed by atoms with Crippen LogP contribution in [-0.4, -0.2) is 93.3 Å². The number of aromatic amines is 1. The summed E-state index contributed by atoms with van der Waals surface area (Å²) in [5.74, 6) is 6.25. The lowest BCUT2D eigenvalue weighted by atomic mass is 9.95. The number of ether oxygens (including phenoxy) is 8. The van der Waals surface area contributed by atoms with Crippen molar-refractivity contribution in [2.75, 3.05) is 53.9 Å². The van der Waals surface area contributed by atoms with Gasteiger partial charge in [-0.15, -0.1) is 0 Å². The Labute approximate surface area is 552 Å². The molecule has 2 aliphatic rings. The highest BCUT2D eigenvalue weighted by atomic mass is 16.5. The summed E-state index contributed by atoms with van der Waals surface area (Å²) in [6.45, 7) is 15.7. The Morgan fingerprint density at radius 1 is 0.316 bits per heavy atom. The van der Waals surface area contributed by atoms with Crippen LogP contribution in [-0.2, 0) is 7.05 Å². The molecule has 0 fully saturated rings. The fourth-order valence-corrected chi connectivity index (χ4v) is 13.5. The molecular weight excluding hydrogens is 1190 g/mol. The van der Waals surface area contributed by atoms with Gasteiger partial charge in [-0.1, -0.05) is 177 Å². The van der Waals surface area contributed by atoms with Crippen molar-refractivity contribution in [2.24, 2.45) is 7.05 Å². The maximum atomic E-state index is 7.18. The number of hydrogen-bond donors (Lipinski definition) is 1. The van der Waals surface area contributed by atoms with Gasteiger partial charge in [-0.3, -0.25) is 0 Å². The van der Waals surface area contributed by atoms with E-state index in [-0.39, 0.29) is 0 Å². The van der Waals surface area contributed by atoms with Crippen molar-refractivity contribution in [1.29, 1.82) is 0 Å². The molecule has 16 heteroatoms. The molecule has 14 rings (SSSR count). The van der Waals surface area contributed by atoms with E-state index in [1.165, 1.54) is 0 Å². The maximum Gasteiger partial charge on any atom is 0.168 e. The van der Waals surface area contributed by atoms with E-state index in [4.69, 9.17) is 67.8 Å². The number of hydrogen-bond acceptors (Lipinski definition) is 14. The fraction of sp³-hybridized carbons (Fsp3) is 0.342. The van der Waals surface area contributed by atoms with Crippen molar-refractivity contribution >= 4 is 98.0 Å². The lowest BCUT2D eigenvalue weighted by molar-refractivity contribution is 0.308. The number of nitrogens with one attached hydrogen (secondary N) is 1. The first-order valence-electron chi connectivity index (χ1n) is 34.2. The van der Waals surface area contributed by atoms with Gasteiger partial charge in [0.25, 0.3) is 0 Å². The molecule has 5 heterocycles. The second kappa shape index (κ2) is 27.2. The van der Waals surface area contributed by atoms with Crippen molar-refractivity contribution in [2.45, 2.75) is 119 Å². The highest BCUT2D eigenvalue weighted by Crippen LogP contribution is 2.56. The van der Waals surface area contributed by atoms with Crippen LogP contribution in [0.1, 0.15) is 119 Å². The minimum Gasteiger partial charge on any atom is -0.495 e. The molecule has 16 nitrogen and oxygen atoms in total. The van der Waals surface area contributed by atoms with Crippen molar-refractivity contribution in [3.05, 3.63) is 109 Å². The summed E-state index contributed by atoms with van der Waals surface area (Å²) < 4.78 is 58.4. The third kappa shape index (κ3) is 10.9. The first-order valence-corrected chi connectivity index (χ1v) is 34.2. The topological polar surface area (TPSA) is 172 Å². The monoisotopic (exact) mass is 1270 g/mol. The van der Waals surface area contributed by atoms with Gasteiger partial charge in [-0.25, -0.2) is 29.9 Å². The lowest BCUT2D eigenvalue weighted by Gasteiger charge is -2.19. The number of aryl methyl sites for hydroxylation is 1. The SMILES string of the molecule is CCCCOc1c2c(c(OCCCC)c3ccccc13)-c1nc-2nc2[nH]c(nc3nc(nc4c5c(OCCCC)c6ccccc6c(OCCCC)c5c(n1)n4C)-c1c-3c(OC)c3cc4ccccc4cc3c1OC)c1c(OCCCC)c3ccccc3c(OCCCC)c21. The normalized spacial score (nSPS) is 12.0. The number of fused-ring (bicyclic) bond motifs is 25. The summed E-state index contributed by atoms with van der Waals surface area (Å²) in [4.78, 5) is 38.7. The Balaban J connectivity index is 1.27. The molecule has 1 N–H and O–H groups in total. The number of rotatable bonds is 26. The van der Waals surface area contributed by atoms with Crippen molar-refractivity contribution < 1.29 is 37.9 Å². The first-order chi connectivity index (χ1) is 46.8. The van der Waals surface area contributed by atoms with Crippen molar-refractivity contribution in [3.63, 3.8) is 0 Å². The van der Waals surface area contributed by atoms with E-state index >= 15 is 0 Å². The summed E-state index contributed by atoms with van der Waals surface area (Å²) in [5, 5.41) is 11.6. The van der Waals surface area contributed by atoms with Crippen LogP contribution in [0.3, 0.4) is 0 Å². The molecule has 95 heavy (non-hydrogen) atoms. The van der Waals surface area contributed by atoms with Crippen LogP contribution >= 0.6 is 0 Å².